The summed E-state index contributed by atoms with van der Waals surface area (Å²) in [6, 6.07) is 19.3. The lowest BCUT2D eigenvalue weighted by Crippen LogP contribution is -2.02. The Hall–Kier alpha value is -2.61. The van der Waals surface area contributed by atoms with Gasteiger partial charge in [-0.1, -0.05) is 67.1 Å². The van der Waals surface area contributed by atoms with Gasteiger partial charge in [0.1, 0.15) is 11.5 Å². The van der Waals surface area contributed by atoms with Crippen LogP contribution in [0.4, 0.5) is 0 Å². The van der Waals surface area contributed by atoms with Crippen LogP contribution in [0, 0.1) is 6.92 Å². The van der Waals surface area contributed by atoms with Gasteiger partial charge < -0.3 is 4.42 Å². The van der Waals surface area contributed by atoms with Crippen molar-refractivity contribution in [2.45, 2.75) is 20.3 Å². The van der Waals surface area contributed by atoms with Gasteiger partial charge in [-0.25, -0.2) is 0 Å². The second-order valence-corrected chi connectivity index (χ2v) is 5.36. The number of ketones is 1. The molecule has 0 spiro atoms. The zero-order valence-electron chi connectivity index (χ0n) is 12.8. The van der Waals surface area contributed by atoms with Crippen molar-refractivity contribution in [3.63, 3.8) is 0 Å². The van der Waals surface area contributed by atoms with Gasteiger partial charge in [-0.3, -0.25) is 4.79 Å². The number of rotatable bonds is 4. The normalized spacial score (nSPS) is 10.6. The molecular formula is C20H18O2. The summed E-state index contributed by atoms with van der Waals surface area (Å²) in [5.74, 6) is 1.50. The monoisotopic (exact) mass is 290 g/mol. The maximum Gasteiger partial charge on any atom is 0.196 e. The minimum atomic E-state index is 0.0135. The van der Waals surface area contributed by atoms with E-state index in [9.17, 15) is 4.79 Å². The summed E-state index contributed by atoms with van der Waals surface area (Å²) in [5.41, 5.74) is 3.54. The number of hydrogen-bond acceptors (Lipinski definition) is 2. The average molecular weight is 290 g/mol. The molecule has 22 heavy (non-hydrogen) atoms. The van der Waals surface area contributed by atoms with Crippen LogP contribution >= 0.6 is 0 Å². The second-order valence-electron chi connectivity index (χ2n) is 5.36. The van der Waals surface area contributed by atoms with E-state index in [0.29, 0.717) is 17.5 Å². The predicted molar refractivity (Wildman–Crippen MR) is 88.1 cm³/mol. The van der Waals surface area contributed by atoms with Crippen LogP contribution in [-0.4, -0.2) is 5.78 Å². The van der Waals surface area contributed by atoms with E-state index in [-0.39, 0.29) is 5.78 Å². The summed E-state index contributed by atoms with van der Waals surface area (Å²) in [6.07, 6.45) is 0.694. The zero-order valence-corrected chi connectivity index (χ0v) is 12.8. The molecule has 3 rings (SSSR count). The molecule has 0 saturated carbocycles. The van der Waals surface area contributed by atoms with Gasteiger partial charge in [-0.2, -0.15) is 0 Å². The van der Waals surface area contributed by atoms with E-state index >= 15 is 0 Å². The molecule has 2 aromatic carbocycles. The topological polar surface area (TPSA) is 30.2 Å². The van der Waals surface area contributed by atoms with Gasteiger partial charge in [0.15, 0.2) is 5.78 Å². The third kappa shape index (κ3) is 2.73. The first-order valence-corrected chi connectivity index (χ1v) is 7.48. The van der Waals surface area contributed by atoms with Crippen molar-refractivity contribution in [3.05, 3.63) is 83.1 Å². The number of aryl methyl sites for hydroxylation is 2. The van der Waals surface area contributed by atoms with Crippen LogP contribution in [0.3, 0.4) is 0 Å². The first-order valence-electron chi connectivity index (χ1n) is 7.48. The Morgan fingerprint density at radius 1 is 1.00 bits per heavy atom. The molecule has 0 unspecified atom stereocenters. The SMILES string of the molecule is CCc1oc(-c2ccc(C)cc2)cc1C(=O)c1ccccc1. The smallest absolute Gasteiger partial charge is 0.196 e. The molecule has 2 heteroatoms. The fraction of sp³-hybridized carbons (Fsp3) is 0.150. The van der Waals surface area contributed by atoms with E-state index < -0.39 is 0 Å². The van der Waals surface area contributed by atoms with Gasteiger partial charge in [-0.05, 0) is 13.0 Å². The van der Waals surface area contributed by atoms with E-state index in [4.69, 9.17) is 4.42 Å². The molecule has 1 aromatic heterocycles. The van der Waals surface area contributed by atoms with E-state index in [2.05, 4.69) is 0 Å². The summed E-state index contributed by atoms with van der Waals surface area (Å²) < 4.78 is 5.91. The van der Waals surface area contributed by atoms with Gasteiger partial charge in [0.05, 0.1) is 5.56 Å². The highest BCUT2D eigenvalue weighted by molar-refractivity contribution is 6.10. The Bertz CT molecular complexity index is 780. The lowest BCUT2D eigenvalue weighted by Gasteiger charge is -1.99. The minimum Gasteiger partial charge on any atom is -0.460 e. The first kappa shape index (κ1) is 14.3. The van der Waals surface area contributed by atoms with Crippen molar-refractivity contribution < 1.29 is 9.21 Å². The highest BCUT2D eigenvalue weighted by Crippen LogP contribution is 2.28. The van der Waals surface area contributed by atoms with Crippen molar-refractivity contribution in [1.29, 1.82) is 0 Å². The fourth-order valence-electron chi connectivity index (χ4n) is 2.49. The van der Waals surface area contributed by atoms with Crippen molar-refractivity contribution in [3.8, 4) is 11.3 Å². The van der Waals surface area contributed by atoms with Gasteiger partial charge in [-0.15, -0.1) is 0 Å². The number of benzene rings is 2. The predicted octanol–water partition coefficient (Wildman–Crippen LogP) is 5.05. The van der Waals surface area contributed by atoms with Gasteiger partial charge in [0, 0.05) is 17.5 Å². The summed E-state index contributed by atoms with van der Waals surface area (Å²) in [4.78, 5) is 12.7. The maximum absolute atomic E-state index is 12.7. The zero-order chi connectivity index (χ0) is 15.5. The van der Waals surface area contributed by atoms with Crippen molar-refractivity contribution >= 4 is 5.78 Å². The molecule has 110 valence electrons. The Labute approximate surface area is 130 Å². The third-order valence-electron chi connectivity index (χ3n) is 3.75. The quantitative estimate of drug-likeness (QED) is 0.629. The van der Waals surface area contributed by atoms with E-state index in [1.54, 1.807) is 0 Å². The molecule has 0 fully saturated rings. The summed E-state index contributed by atoms with van der Waals surface area (Å²) in [6.45, 7) is 4.05. The Kier molecular flexibility index (Phi) is 3.92. The molecular weight excluding hydrogens is 272 g/mol. The fourth-order valence-corrected chi connectivity index (χ4v) is 2.49. The van der Waals surface area contributed by atoms with Crippen LogP contribution in [0.15, 0.2) is 65.1 Å². The molecule has 0 bridgehead atoms. The van der Waals surface area contributed by atoms with Gasteiger partial charge in [0.2, 0.25) is 0 Å². The maximum atomic E-state index is 12.7. The summed E-state index contributed by atoms with van der Waals surface area (Å²) in [5, 5.41) is 0. The molecule has 1 heterocycles. The number of hydrogen-bond donors (Lipinski definition) is 0. The molecule has 3 aromatic rings. The van der Waals surface area contributed by atoms with E-state index in [0.717, 1.165) is 17.1 Å². The minimum absolute atomic E-state index is 0.0135. The lowest BCUT2D eigenvalue weighted by molar-refractivity contribution is 0.103. The Balaban J connectivity index is 2.02. The Morgan fingerprint density at radius 2 is 1.68 bits per heavy atom. The van der Waals surface area contributed by atoms with Crippen LogP contribution in [0.2, 0.25) is 0 Å². The molecule has 2 nitrogen and oxygen atoms in total. The third-order valence-corrected chi connectivity index (χ3v) is 3.75. The standard InChI is InChI=1S/C20H18O2/c1-3-18-17(20(21)16-7-5-4-6-8-16)13-19(22-18)15-11-9-14(2)10-12-15/h4-13H,3H2,1-2H3. The van der Waals surface area contributed by atoms with Crippen LogP contribution in [0.5, 0.6) is 0 Å². The first-order chi connectivity index (χ1) is 10.7. The van der Waals surface area contributed by atoms with Crippen molar-refractivity contribution in [2.75, 3.05) is 0 Å². The summed E-state index contributed by atoms with van der Waals surface area (Å²) >= 11 is 0. The largest absolute Gasteiger partial charge is 0.460 e. The van der Waals surface area contributed by atoms with Crippen LogP contribution in [0.25, 0.3) is 11.3 Å². The average Bonchev–Trinajstić information content (AvgIpc) is 3.00. The molecule has 0 aliphatic heterocycles. The van der Waals surface area contributed by atoms with E-state index in [1.807, 2.05) is 74.5 Å². The van der Waals surface area contributed by atoms with Crippen LogP contribution in [0.1, 0.15) is 34.2 Å². The van der Waals surface area contributed by atoms with Crippen LogP contribution in [-0.2, 0) is 6.42 Å². The van der Waals surface area contributed by atoms with Crippen molar-refractivity contribution in [2.24, 2.45) is 0 Å². The van der Waals surface area contributed by atoms with Gasteiger partial charge in [0.25, 0.3) is 0 Å². The molecule has 0 aliphatic rings. The number of furan rings is 1. The highest BCUT2D eigenvalue weighted by atomic mass is 16.3. The highest BCUT2D eigenvalue weighted by Gasteiger charge is 2.18. The molecule has 0 radical (unpaired) electrons. The molecule has 0 aliphatic carbocycles. The molecule has 0 atom stereocenters. The summed E-state index contributed by atoms with van der Waals surface area (Å²) in [7, 11) is 0. The molecule has 0 saturated heterocycles. The molecule has 0 amide bonds. The Morgan fingerprint density at radius 3 is 2.32 bits per heavy atom. The second kappa shape index (κ2) is 6.02. The molecule has 0 N–H and O–H groups in total. The van der Waals surface area contributed by atoms with Crippen LogP contribution < -0.4 is 0 Å². The van der Waals surface area contributed by atoms with Crippen molar-refractivity contribution in [1.82, 2.24) is 0 Å². The number of carbonyl (C=O) groups excluding carboxylic acids is 1. The van der Waals surface area contributed by atoms with E-state index in [1.165, 1.54) is 5.56 Å². The lowest BCUT2D eigenvalue weighted by atomic mass is 10.0. The number of carbonyl (C=O) groups is 1. The van der Waals surface area contributed by atoms with Gasteiger partial charge >= 0.3 is 0 Å².